The van der Waals surface area contributed by atoms with Crippen LogP contribution in [-0.2, 0) is 56.0 Å². The van der Waals surface area contributed by atoms with Crippen molar-refractivity contribution in [2.75, 3.05) is 20.2 Å². The fourth-order valence-electron chi connectivity index (χ4n) is 8.40. The normalized spacial score (nSPS) is 31.3. The molecule has 0 spiro atoms. The van der Waals surface area contributed by atoms with Gasteiger partial charge < -0.3 is 48.9 Å². The minimum absolute atomic E-state index is 0.0142. The molecule has 2 aromatic carbocycles. The number of carbonyl (C=O) groups excluding carboxylic acids is 4. The lowest BCUT2D eigenvalue weighted by Crippen LogP contribution is -2.48. The van der Waals surface area contributed by atoms with Gasteiger partial charge in [0, 0.05) is 30.8 Å². The smallest absolute Gasteiger partial charge is 0.408 e. The molecule has 14 heteroatoms. The molecular formula is C47H70N2O12. The Morgan fingerprint density at radius 1 is 0.885 bits per heavy atom. The fourth-order valence-corrected chi connectivity index (χ4v) is 8.40. The predicted molar refractivity (Wildman–Crippen MR) is 227 cm³/mol. The van der Waals surface area contributed by atoms with Crippen LogP contribution < -0.4 is 5.32 Å². The van der Waals surface area contributed by atoms with Crippen LogP contribution >= 0.6 is 0 Å². The van der Waals surface area contributed by atoms with Gasteiger partial charge in [-0.1, -0.05) is 95.3 Å². The first-order valence-corrected chi connectivity index (χ1v) is 22.0. The van der Waals surface area contributed by atoms with Gasteiger partial charge in [0.25, 0.3) is 0 Å². The van der Waals surface area contributed by atoms with Crippen LogP contribution in [0, 0.1) is 29.6 Å². The minimum Gasteiger partial charge on any atom is -0.462 e. The molecule has 2 aliphatic heterocycles. The number of likely N-dealkylation sites (N-methyl/N-ethyl adjacent to an activating group) is 1. The second-order valence-corrected chi connectivity index (χ2v) is 17.3. The summed E-state index contributed by atoms with van der Waals surface area (Å²) in [7, 11) is 1.98. The Balaban J connectivity index is 1.47. The van der Waals surface area contributed by atoms with Crippen molar-refractivity contribution in [3.63, 3.8) is 0 Å². The third-order valence-corrected chi connectivity index (χ3v) is 12.3. The number of aliphatic hydroxyl groups is 2. The van der Waals surface area contributed by atoms with Crippen molar-refractivity contribution in [1.82, 2.24) is 10.2 Å². The highest BCUT2D eigenvalue weighted by Gasteiger charge is 2.42. The van der Waals surface area contributed by atoms with Crippen LogP contribution in [0.4, 0.5) is 4.79 Å². The molecule has 14 nitrogen and oxygen atoms in total. The first-order chi connectivity index (χ1) is 29.1. The number of esters is 3. The number of amides is 1. The van der Waals surface area contributed by atoms with Crippen LogP contribution in [0.15, 0.2) is 60.7 Å². The van der Waals surface area contributed by atoms with E-state index in [0.29, 0.717) is 38.8 Å². The van der Waals surface area contributed by atoms with E-state index < -0.39 is 78.7 Å². The van der Waals surface area contributed by atoms with Crippen molar-refractivity contribution in [1.29, 1.82) is 0 Å². The number of alkyl carbamates (subject to hydrolysis) is 1. The summed E-state index contributed by atoms with van der Waals surface area (Å²) >= 11 is 0. The van der Waals surface area contributed by atoms with Gasteiger partial charge in [-0.05, 0) is 76.0 Å². The van der Waals surface area contributed by atoms with Crippen molar-refractivity contribution in [2.45, 2.75) is 149 Å². The van der Waals surface area contributed by atoms with Crippen molar-refractivity contribution >= 4 is 24.0 Å². The highest BCUT2D eigenvalue weighted by molar-refractivity contribution is 5.82. The first-order valence-electron chi connectivity index (χ1n) is 22.0. The van der Waals surface area contributed by atoms with Gasteiger partial charge in [0.15, 0.2) is 12.4 Å². The van der Waals surface area contributed by atoms with Crippen LogP contribution in [-0.4, -0.2) is 108 Å². The lowest BCUT2D eigenvalue weighted by Gasteiger charge is -2.40. The molecule has 61 heavy (non-hydrogen) atoms. The van der Waals surface area contributed by atoms with Gasteiger partial charge in [0.05, 0.1) is 30.8 Å². The maximum atomic E-state index is 13.5. The van der Waals surface area contributed by atoms with Crippen LogP contribution in [0.5, 0.6) is 0 Å². The van der Waals surface area contributed by atoms with Gasteiger partial charge in [-0.2, -0.15) is 0 Å². The molecule has 0 radical (unpaired) electrons. The Morgan fingerprint density at radius 3 is 2.13 bits per heavy atom. The van der Waals surface area contributed by atoms with Gasteiger partial charge in [-0.15, -0.1) is 0 Å². The zero-order valence-corrected chi connectivity index (χ0v) is 37.3. The second kappa shape index (κ2) is 24.5. The van der Waals surface area contributed by atoms with E-state index in [2.05, 4.69) is 17.1 Å². The molecule has 2 saturated heterocycles. The molecule has 4 rings (SSSR count). The third-order valence-electron chi connectivity index (χ3n) is 12.3. The van der Waals surface area contributed by atoms with Crippen LogP contribution in [0.25, 0.3) is 0 Å². The molecule has 0 unspecified atom stereocenters. The Morgan fingerprint density at radius 2 is 1.51 bits per heavy atom. The Bertz CT molecular complexity index is 1650. The maximum Gasteiger partial charge on any atom is 0.408 e. The zero-order chi connectivity index (χ0) is 44.6. The molecule has 340 valence electrons. The topological polar surface area (TPSA) is 179 Å². The number of hydrogen-bond acceptors (Lipinski definition) is 13. The number of aliphatic hydroxyl groups excluding tert-OH is 2. The summed E-state index contributed by atoms with van der Waals surface area (Å²) in [6, 6.07) is 16.8. The summed E-state index contributed by atoms with van der Waals surface area (Å²) in [6.45, 7) is 14.4. The molecule has 2 heterocycles. The van der Waals surface area contributed by atoms with Crippen LogP contribution in [0.1, 0.15) is 98.1 Å². The summed E-state index contributed by atoms with van der Waals surface area (Å²) in [5.41, 5.74) is 1.52. The maximum absolute atomic E-state index is 13.5. The minimum atomic E-state index is -1.21. The molecule has 0 saturated carbocycles. The molecule has 2 aliphatic rings. The molecule has 3 N–H and O–H groups in total. The summed E-state index contributed by atoms with van der Waals surface area (Å²) in [6.07, 6.45) is -3.77. The number of nitrogens with one attached hydrogen (secondary N) is 1. The Hall–Kier alpha value is -4.08. The summed E-state index contributed by atoms with van der Waals surface area (Å²) in [4.78, 5) is 55.3. The van der Waals surface area contributed by atoms with Crippen LogP contribution in [0.3, 0.4) is 0 Å². The van der Waals surface area contributed by atoms with E-state index in [4.69, 9.17) is 28.4 Å². The average Bonchev–Trinajstić information content (AvgIpc) is 3.26. The van der Waals surface area contributed by atoms with Gasteiger partial charge in [-0.25, -0.2) is 9.59 Å². The van der Waals surface area contributed by atoms with Gasteiger partial charge in [0.1, 0.15) is 25.4 Å². The van der Waals surface area contributed by atoms with E-state index in [0.717, 1.165) is 11.1 Å². The molecule has 0 aromatic heterocycles. The SMILES string of the molecule is CC[C@H]1OC(=O)[C@H](C)[C@@H](O)[C@H](C)[C@@H](O[C@@H]2OCCC[C@H]2OC(=O)CC[C@@H](NC(=O)OCc2ccccc2)C(=O)OCc2ccccc2)[C@@H](C)C[C@@H](C)CN(C)[C@H](C)[C@@H](O)[C@H]1C. The van der Waals surface area contributed by atoms with E-state index in [1.807, 2.05) is 90.2 Å². The lowest BCUT2D eigenvalue weighted by atomic mass is 9.81. The lowest BCUT2D eigenvalue weighted by molar-refractivity contribution is -0.260. The number of ether oxygens (including phenoxy) is 6. The van der Waals surface area contributed by atoms with E-state index in [1.165, 1.54) is 0 Å². The van der Waals surface area contributed by atoms with Gasteiger partial charge in [-0.3, -0.25) is 9.59 Å². The number of hydrogen-bond donors (Lipinski definition) is 3. The highest BCUT2D eigenvalue weighted by Crippen LogP contribution is 2.33. The predicted octanol–water partition coefficient (Wildman–Crippen LogP) is 6.19. The van der Waals surface area contributed by atoms with Crippen LogP contribution in [0.2, 0.25) is 0 Å². The number of nitrogens with zero attached hydrogens (tertiary/aromatic N) is 1. The number of benzene rings is 2. The quantitative estimate of drug-likeness (QED) is 0.154. The van der Waals surface area contributed by atoms with E-state index in [-0.39, 0.29) is 49.9 Å². The van der Waals surface area contributed by atoms with Crippen molar-refractivity contribution < 1.29 is 57.8 Å². The molecule has 13 atom stereocenters. The van der Waals surface area contributed by atoms with E-state index in [9.17, 15) is 29.4 Å². The summed E-state index contributed by atoms with van der Waals surface area (Å²) < 4.78 is 35.6. The monoisotopic (exact) mass is 854 g/mol. The molecule has 2 aromatic rings. The Labute approximate surface area is 361 Å². The standard InChI is InChI=1S/C47H70N2O12/c1-9-38-31(4)42(52)34(7)49(8)26-29(2)25-30(3)43(32(5)41(51)33(6)44(53)60-38)61-46-39(21-16-24-56-46)59-40(50)23-22-37(45(54)57-27-35-17-12-10-13-18-35)48-47(55)58-28-36-19-14-11-15-20-36/h10-15,17-20,29-34,37-39,41-43,46,51-52H,9,16,21-28H2,1-8H3,(H,48,55)/t29-,30+,31+,32+,33-,34-,37-,38-,39-,41+,42+,43+,46+/m1/s1. The summed E-state index contributed by atoms with van der Waals surface area (Å²) in [5, 5.41) is 25.6. The number of cyclic esters (lactones) is 1. The molecule has 0 bridgehead atoms. The molecular weight excluding hydrogens is 785 g/mol. The van der Waals surface area contributed by atoms with Gasteiger partial charge >= 0.3 is 24.0 Å². The molecule has 2 fully saturated rings. The molecule has 1 amide bonds. The largest absolute Gasteiger partial charge is 0.462 e. The number of rotatable bonds is 13. The average molecular weight is 855 g/mol. The number of carbonyl (C=O) groups is 4. The Kier molecular flexibility index (Phi) is 19.9. The van der Waals surface area contributed by atoms with Crippen molar-refractivity contribution in [3.8, 4) is 0 Å². The van der Waals surface area contributed by atoms with Crippen molar-refractivity contribution in [3.05, 3.63) is 71.8 Å². The fraction of sp³-hybridized carbons (Fsp3) is 0.660. The van der Waals surface area contributed by atoms with Crippen molar-refractivity contribution in [2.24, 2.45) is 29.6 Å². The molecule has 0 aliphatic carbocycles. The highest BCUT2D eigenvalue weighted by atomic mass is 16.7. The second-order valence-electron chi connectivity index (χ2n) is 17.3. The van der Waals surface area contributed by atoms with E-state index in [1.54, 1.807) is 19.1 Å². The zero-order valence-electron chi connectivity index (χ0n) is 37.3. The summed E-state index contributed by atoms with van der Waals surface area (Å²) in [5.74, 6) is -3.67. The van der Waals surface area contributed by atoms with Gasteiger partial charge in [0.2, 0.25) is 0 Å². The van der Waals surface area contributed by atoms with E-state index >= 15 is 0 Å². The third kappa shape index (κ3) is 15.1. The first kappa shape index (κ1) is 49.6.